The van der Waals surface area contributed by atoms with Crippen molar-refractivity contribution in [1.82, 2.24) is 9.55 Å². The molecule has 0 amide bonds. The Morgan fingerprint density at radius 1 is 1.40 bits per heavy atom. The number of ether oxygens (including phenoxy) is 2. The van der Waals surface area contributed by atoms with Crippen LogP contribution in [0.2, 0.25) is 0 Å². The van der Waals surface area contributed by atoms with Gasteiger partial charge in [-0.05, 0) is 26.8 Å². The molecule has 0 aromatic carbocycles. The Morgan fingerprint density at radius 3 is 2.65 bits per heavy atom. The van der Waals surface area contributed by atoms with Gasteiger partial charge in [0, 0.05) is 24.4 Å². The molecule has 2 rings (SSSR count). The number of carbonyl (C=O) groups is 1. The lowest BCUT2D eigenvalue weighted by molar-refractivity contribution is 0.0544. The fraction of sp³-hybridized carbons (Fsp3) is 0.429. The summed E-state index contributed by atoms with van der Waals surface area (Å²) in [6.45, 7) is 5.75. The van der Waals surface area contributed by atoms with E-state index in [4.69, 9.17) is 15.2 Å². The van der Waals surface area contributed by atoms with Gasteiger partial charge >= 0.3 is 6.09 Å². The zero-order valence-electron chi connectivity index (χ0n) is 12.1. The van der Waals surface area contributed by atoms with E-state index in [1.54, 1.807) is 25.4 Å². The lowest BCUT2D eigenvalue weighted by Crippen LogP contribution is -2.26. The molecule has 0 aliphatic rings. The molecule has 0 radical (unpaired) electrons. The summed E-state index contributed by atoms with van der Waals surface area (Å²) in [4.78, 5) is 16.5. The number of hydrogen-bond donors (Lipinski definition) is 1. The van der Waals surface area contributed by atoms with Gasteiger partial charge in [-0.15, -0.1) is 0 Å². The van der Waals surface area contributed by atoms with Gasteiger partial charge in [0.25, 0.3) is 0 Å². The summed E-state index contributed by atoms with van der Waals surface area (Å²) in [6.07, 6.45) is 1.21. The molecule has 0 unspecified atom stereocenters. The van der Waals surface area contributed by atoms with Crippen molar-refractivity contribution in [2.75, 3.05) is 7.11 Å². The molecule has 20 heavy (non-hydrogen) atoms. The highest BCUT2D eigenvalue weighted by Gasteiger charge is 2.21. The summed E-state index contributed by atoms with van der Waals surface area (Å²) in [5.74, 6) is 0.481. The van der Waals surface area contributed by atoms with Crippen LogP contribution in [-0.4, -0.2) is 28.4 Å². The first-order valence-electron chi connectivity index (χ1n) is 6.34. The third-order valence-electron chi connectivity index (χ3n) is 2.72. The van der Waals surface area contributed by atoms with Gasteiger partial charge in [0.15, 0.2) is 0 Å². The van der Waals surface area contributed by atoms with Crippen LogP contribution in [0, 0.1) is 0 Å². The van der Waals surface area contributed by atoms with Crippen molar-refractivity contribution in [3.63, 3.8) is 0 Å². The number of fused-ring (bicyclic) bond motifs is 1. The van der Waals surface area contributed by atoms with E-state index in [0.29, 0.717) is 16.9 Å². The third kappa shape index (κ3) is 2.75. The molecule has 6 heteroatoms. The zero-order valence-corrected chi connectivity index (χ0v) is 12.1. The third-order valence-corrected chi connectivity index (χ3v) is 2.72. The number of pyridine rings is 1. The van der Waals surface area contributed by atoms with Gasteiger partial charge in [-0.3, -0.25) is 4.57 Å². The quantitative estimate of drug-likeness (QED) is 0.911. The fourth-order valence-electron chi connectivity index (χ4n) is 1.88. The van der Waals surface area contributed by atoms with Crippen LogP contribution in [-0.2, 0) is 11.3 Å². The number of rotatable bonds is 2. The molecule has 2 aromatic heterocycles. The summed E-state index contributed by atoms with van der Waals surface area (Å²) in [6, 6.07) is 3.47. The Labute approximate surface area is 117 Å². The van der Waals surface area contributed by atoms with E-state index in [-0.39, 0.29) is 6.54 Å². The second-order valence-corrected chi connectivity index (χ2v) is 5.43. The van der Waals surface area contributed by atoms with Crippen molar-refractivity contribution < 1.29 is 14.3 Å². The summed E-state index contributed by atoms with van der Waals surface area (Å²) < 4.78 is 11.9. The van der Waals surface area contributed by atoms with E-state index in [2.05, 4.69) is 4.98 Å². The summed E-state index contributed by atoms with van der Waals surface area (Å²) in [5.41, 5.74) is 7.22. The SMILES string of the molecule is COc1ccc2c(n1)c(CN)cn2C(=O)OC(C)(C)C. The number of aromatic nitrogens is 2. The molecule has 6 nitrogen and oxygen atoms in total. The van der Waals surface area contributed by atoms with E-state index >= 15 is 0 Å². The van der Waals surface area contributed by atoms with E-state index in [1.165, 1.54) is 4.57 Å². The predicted octanol–water partition coefficient (Wildman–Crippen LogP) is 2.29. The molecular formula is C14H19N3O3. The van der Waals surface area contributed by atoms with Crippen molar-refractivity contribution in [1.29, 1.82) is 0 Å². The van der Waals surface area contributed by atoms with Crippen molar-refractivity contribution in [3.05, 3.63) is 23.9 Å². The molecule has 2 N–H and O–H groups in total. The average Bonchev–Trinajstić information content (AvgIpc) is 2.74. The topological polar surface area (TPSA) is 79.4 Å². The Morgan fingerprint density at radius 2 is 2.10 bits per heavy atom. The van der Waals surface area contributed by atoms with Gasteiger partial charge in [-0.25, -0.2) is 9.78 Å². The van der Waals surface area contributed by atoms with Crippen LogP contribution >= 0.6 is 0 Å². The molecule has 0 aliphatic heterocycles. The van der Waals surface area contributed by atoms with Gasteiger partial charge in [0.2, 0.25) is 5.88 Å². The van der Waals surface area contributed by atoms with Crippen LogP contribution in [0.15, 0.2) is 18.3 Å². The van der Waals surface area contributed by atoms with Crippen LogP contribution in [0.3, 0.4) is 0 Å². The van der Waals surface area contributed by atoms with Crippen molar-refractivity contribution in [2.45, 2.75) is 32.9 Å². The molecule has 2 aromatic rings. The van der Waals surface area contributed by atoms with E-state index in [1.807, 2.05) is 20.8 Å². The Kier molecular flexibility index (Phi) is 3.67. The molecular weight excluding hydrogens is 258 g/mol. The Bertz CT molecular complexity index is 641. The minimum absolute atomic E-state index is 0.284. The van der Waals surface area contributed by atoms with Gasteiger partial charge in [0.1, 0.15) is 5.60 Å². The normalized spacial score (nSPS) is 11.7. The minimum Gasteiger partial charge on any atom is -0.481 e. The zero-order chi connectivity index (χ0) is 14.9. The van der Waals surface area contributed by atoms with Crippen LogP contribution in [0.5, 0.6) is 5.88 Å². The number of methoxy groups -OCH3 is 1. The number of carbonyl (C=O) groups excluding carboxylic acids is 1. The monoisotopic (exact) mass is 277 g/mol. The number of nitrogens with two attached hydrogens (primary N) is 1. The summed E-state index contributed by atoms with van der Waals surface area (Å²) >= 11 is 0. The summed E-state index contributed by atoms with van der Waals surface area (Å²) in [5, 5.41) is 0. The summed E-state index contributed by atoms with van der Waals surface area (Å²) in [7, 11) is 1.54. The van der Waals surface area contributed by atoms with E-state index in [9.17, 15) is 4.79 Å². The van der Waals surface area contributed by atoms with E-state index in [0.717, 1.165) is 5.56 Å². The highest BCUT2D eigenvalue weighted by molar-refractivity contribution is 5.90. The smallest absolute Gasteiger partial charge is 0.419 e. The molecule has 0 saturated heterocycles. The molecule has 0 spiro atoms. The van der Waals surface area contributed by atoms with Gasteiger partial charge < -0.3 is 15.2 Å². The molecule has 0 fully saturated rings. The van der Waals surface area contributed by atoms with Crippen LogP contribution < -0.4 is 10.5 Å². The lowest BCUT2D eigenvalue weighted by Gasteiger charge is -2.19. The van der Waals surface area contributed by atoms with E-state index < -0.39 is 11.7 Å². The Hall–Kier alpha value is -2.08. The fourth-order valence-corrected chi connectivity index (χ4v) is 1.88. The molecule has 108 valence electrons. The van der Waals surface area contributed by atoms with Crippen LogP contribution in [0.25, 0.3) is 11.0 Å². The molecule has 0 aliphatic carbocycles. The second-order valence-electron chi connectivity index (χ2n) is 5.43. The minimum atomic E-state index is -0.559. The van der Waals surface area contributed by atoms with Crippen LogP contribution in [0.1, 0.15) is 26.3 Å². The first-order valence-corrected chi connectivity index (χ1v) is 6.34. The standard InChI is InChI=1S/C14H19N3O3/c1-14(2,3)20-13(18)17-8-9(7-15)12-10(17)5-6-11(16-12)19-4/h5-6,8H,7,15H2,1-4H3. The van der Waals surface area contributed by atoms with Crippen molar-refractivity contribution >= 4 is 17.1 Å². The molecule has 0 saturated carbocycles. The second kappa shape index (κ2) is 5.13. The van der Waals surface area contributed by atoms with Gasteiger partial charge in [0.05, 0.1) is 18.1 Å². The van der Waals surface area contributed by atoms with Crippen molar-refractivity contribution in [2.24, 2.45) is 5.73 Å². The first-order chi connectivity index (χ1) is 9.35. The first kappa shape index (κ1) is 14.3. The average molecular weight is 277 g/mol. The Balaban J connectivity index is 2.52. The van der Waals surface area contributed by atoms with Gasteiger partial charge in [-0.2, -0.15) is 0 Å². The van der Waals surface area contributed by atoms with Gasteiger partial charge in [-0.1, -0.05) is 0 Å². The molecule has 0 bridgehead atoms. The highest BCUT2D eigenvalue weighted by atomic mass is 16.6. The maximum Gasteiger partial charge on any atom is 0.419 e. The maximum absolute atomic E-state index is 12.2. The number of hydrogen-bond acceptors (Lipinski definition) is 5. The lowest BCUT2D eigenvalue weighted by atomic mass is 10.2. The molecule has 2 heterocycles. The highest BCUT2D eigenvalue weighted by Crippen LogP contribution is 2.23. The van der Waals surface area contributed by atoms with Crippen molar-refractivity contribution in [3.8, 4) is 5.88 Å². The number of nitrogens with zero attached hydrogens (tertiary/aromatic N) is 2. The maximum atomic E-state index is 12.2. The molecule has 0 atom stereocenters. The predicted molar refractivity (Wildman–Crippen MR) is 75.8 cm³/mol. The van der Waals surface area contributed by atoms with Crippen LogP contribution in [0.4, 0.5) is 4.79 Å². The largest absolute Gasteiger partial charge is 0.481 e.